The fraction of sp³-hybridized carbons (Fsp3) is 0.174. The lowest BCUT2D eigenvalue weighted by molar-refractivity contribution is -0.120. The lowest BCUT2D eigenvalue weighted by Crippen LogP contribution is -2.28. The van der Waals surface area contributed by atoms with Crippen molar-refractivity contribution < 1.29 is 9.21 Å². The van der Waals surface area contributed by atoms with E-state index in [1.54, 1.807) is 13.0 Å². The van der Waals surface area contributed by atoms with Crippen LogP contribution in [0.25, 0.3) is 22.4 Å². The summed E-state index contributed by atoms with van der Waals surface area (Å²) in [5.74, 6) is 0.889. The van der Waals surface area contributed by atoms with Crippen molar-refractivity contribution in [2.75, 3.05) is 0 Å². The molecule has 0 aliphatic heterocycles. The van der Waals surface area contributed by atoms with E-state index in [4.69, 9.17) is 4.42 Å². The summed E-state index contributed by atoms with van der Waals surface area (Å²) in [5, 5.41) is 3.72. The van der Waals surface area contributed by atoms with Crippen molar-refractivity contribution in [3.63, 3.8) is 0 Å². The van der Waals surface area contributed by atoms with Crippen LogP contribution in [0.5, 0.6) is 0 Å². The number of pyridine rings is 1. The van der Waals surface area contributed by atoms with Crippen LogP contribution in [0.15, 0.2) is 63.8 Å². The van der Waals surface area contributed by atoms with E-state index in [0.717, 1.165) is 22.0 Å². The standard InChI is InChI=1S/C23H21N3O3/c1-14-7-9-16(10-8-14)23-26-20(15(2)29-23)12-21(27)24-13-18-11-17-5-3-4-6-19(17)25-22(18)28/h3-11H,12-13H2,1-2H3,(H,24,27)(H,25,28). The molecule has 6 heteroatoms. The molecule has 2 N–H and O–H groups in total. The number of fused-ring (bicyclic) bond motifs is 1. The molecule has 4 rings (SSSR count). The summed E-state index contributed by atoms with van der Waals surface area (Å²) >= 11 is 0. The predicted molar refractivity (Wildman–Crippen MR) is 112 cm³/mol. The Hall–Kier alpha value is -3.67. The highest BCUT2D eigenvalue weighted by Gasteiger charge is 2.15. The molecule has 0 saturated heterocycles. The average molecular weight is 387 g/mol. The Morgan fingerprint density at radius 1 is 1.10 bits per heavy atom. The molecular weight excluding hydrogens is 366 g/mol. The molecule has 0 spiro atoms. The van der Waals surface area contributed by atoms with Crippen LogP contribution in [0.2, 0.25) is 0 Å². The highest BCUT2D eigenvalue weighted by molar-refractivity contribution is 5.80. The number of amides is 1. The number of aromatic amines is 1. The minimum absolute atomic E-state index is 0.0900. The van der Waals surface area contributed by atoms with Gasteiger partial charge in [-0.25, -0.2) is 4.98 Å². The fourth-order valence-electron chi connectivity index (χ4n) is 3.14. The van der Waals surface area contributed by atoms with Crippen molar-refractivity contribution in [3.8, 4) is 11.5 Å². The second kappa shape index (κ2) is 7.75. The van der Waals surface area contributed by atoms with Gasteiger partial charge in [-0.2, -0.15) is 0 Å². The van der Waals surface area contributed by atoms with E-state index in [1.165, 1.54) is 0 Å². The number of nitrogens with zero attached hydrogens (tertiary/aromatic N) is 1. The number of aromatic nitrogens is 2. The molecule has 0 saturated carbocycles. The van der Waals surface area contributed by atoms with Gasteiger partial charge in [-0.05, 0) is 43.5 Å². The van der Waals surface area contributed by atoms with E-state index in [9.17, 15) is 9.59 Å². The predicted octanol–water partition coefficient (Wildman–Crippen LogP) is 3.66. The number of oxazole rings is 1. The molecule has 0 aliphatic rings. The summed E-state index contributed by atoms with van der Waals surface area (Å²) in [5.41, 5.74) is 3.69. The van der Waals surface area contributed by atoms with Crippen LogP contribution < -0.4 is 10.9 Å². The molecule has 4 aromatic rings. The molecule has 0 bridgehead atoms. The van der Waals surface area contributed by atoms with Gasteiger partial charge in [0.15, 0.2) is 0 Å². The lowest BCUT2D eigenvalue weighted by atomic mass is 10.1. The molecule has 2 aromatic heterocycles. The lowest BCUT2D eigenvalue weighted by Gasteiger charge is -2.05. The third kappa shape index (κ3) is 4.11. The highest BCUT2D eigenvalue weighted by atomic mass is 16.4. The van der Waals surface area contributed by atoms with Gasteiger partial charge in [0.25, 0.3) is 5.56 Å². The first kappa shape index (κ1) is 18.7. The second-order valence-electron chi connectivity index (χ2n) is 7.05. The van der Waals surface area contributed by atoms with Gasteiger partial charge in [0, 0.05) is 23.2 Å². The van der Waals surface area contributed by atoms with E-state index in [1.807, 2.05) is 55.5 Å². The number of nitrogens with one attached hydrogen (secondary N) is 2. The molecule has 2 heterocycles. The Morgan fingerprint density at radius 3 is 2.66 bits per heavy atom. The second-order valence-corrected chi connectivity index (χ2v) is 7.05. The molecule has 146 valence electrons. The zero-order chi connectivity index (χ0) is 20.4. The summed E-state index contributed by atoms with van der Waals surface area (Å²) < 4.78 is 5.73. The number of benzene rings is 2. The van der Waals surface area contributed by atoms with Crippen molar-refractivity contribution in [3.05, 3.63) is 87.5 Å². The molecule has 2 aromatic carbocycles. The van der Waals surface area contributed by atoms with Crippen LogP contribution in [-0.2, 0) is 17.8 Å². The molecule has 0 fully saturated rings. The molecule has 6 nitrogen and oxygen atoms in total. The van der Waals surface area contributed by atoms with E-state index in [-0.39, 0.29) is 24.4 Å². The minimum atomic E-state index is -0.218. The SMILES string of the molecule is Cc1ccc(-c2nc(CC(=O)NCc3cc4ccccc4[nH]c3=O)c(C)o2)cc1. The summed E-state index contributed by atoms with van der Waals surface area (Å²) in [6.45, 7) is 3.96. The van der Waals surface area contributed by atoms with Crippen molar-refractivity contribution in [1.82, 2.24) is 15.3 Å². The van der Waals surface area contributed by atoms with Crippen LogP contribution in [-0.4, -0.2) is 15.9 Å². The number of carbonyl (C=O) groups is 1. The number of hydrogen-bond donors (Lipinski definition) is 2. The largest absolute Gasteiger partial charge is 0.441 e. The average Bonchev–Trinajstić information content (AvgIpc) is 3.07. The van der Waals surface area contributed by atoms with Crippen molar-refractivity contribution >= 4 is 16.8 Å². The summed E-state index contributed by atoms with van der Waals surface area (Å²) in [6.07, 6.45) is 0.0900. The number of hydrogen-bond acceptors (Lipinski definition) is 4. The van der Waals surface area contributed by atoms with Gasteiger partial charge in [0.2, 0.25) is 11.8 Å². The van der Waals surface area contributed by atoms with Crippen LogP contribution >= 0.6 is 0 Å². The maximum atomic E-state index is 12.4. The first-order valence-corrected chi connectivity index (χ1v) is 9.40. The smallest absolute Gasteiger partial charge is 0.253 e. The topological polar surface area (TPSA) is 88.0 Å². The number of para-hydroxylation sites is 1. The van der Waals surface area contributed by atoms with Crippen molar-refractivity contribution in [1.29, 1.82) is 0 Å². The fourth-order valence-corrected chi connectivity index (χ4v) is 3.14. The Kier molecular flexibility index (Phi) is 4.99. The molecule has 0 atom stereocenters. The first-order chi connectivity index (χ1) is 14.0. The van der Waals surface area contributed by atoms with E-state index < -0.39 is 0 Å². The van der Waals surface area contributed by atoms with Crippen LogP contribution in [0.1, 0.15) is 22.6 Å². The van der Waals surface area contributed by atoms with Gasteiger partial charge >= 0.3 is 0 Å². The molecule has 1 amide bonds. The quantitative estimate of drug-likeness (QED) is 0.547. The number of carbonyl (C=O) groups excluding carboxylic acids is 1. The van der Waals surface area contributed by atoms with Crippen molar-refractivity contribution in [2.45, 2.75) is 26.8 Å². The summed E-state index contributed by atoms with van der Waals surface area (Å²) in [7, 11) is 0. The Labute approximate surface area is 167 Å². The minimum Gasteiger partial charge on any atom is -0.441 e. The number of H-pyrrole nitrogens is 1. The third-order valence-electron chi connectivity index (χ3n) is 4.83. The Bertz CT molecular complexity index is 1240. The summed E-state index contributed by atoms with van der Waals surface area (Å²) in [4.78, 5) is 31.9. The zero-order valence-electron chi connectivity index (χ0n) is 16.3. The van der Waals surface area contributed by atoms with Gasteiger partial charge in [-0.15, -0.1) is 0 Å². The Morgan fingerprint density at radius 2 is 1.86 bits per heavy atom. The van der Waals surface area contributed by atoms with Crippen LogP contribution in [0, 0.1) is 13.8 Å². The number of rotatable bonds is 5. The van der Waals surface area contributed by atoms with Gasteiger partial charge in [0.05, 0.1) is 12.1 Å². The van der Waals surface area contributed by atoms with Gasteiger partial charge in [-0.3, -0.25) is 9.59 Å². The highest BCUT2D eigenvalue weighted by Crippen LogP contribution is 2.22. The summed E-state index contributed by atoms with van der Waals surface area (Å²) in [6, 6.07) is 17.2. The van der Waals surface area contributed by atoms with Crippen molar-refractivity contribution in [2.24, 2.45) is 0 Å². The normalized spacial score (nSPS) is 11.0. The molecular formula is C23H21N3O3. The maximum Gasteiger partial charge on any atom is 0.253 e. The molecule has 29 heavy (non-hydrogen) atoms. The van der Waals surface area contributed by atoms with Crippen LogP contribution in [0.4, 0.5) is 0 Å². The number of aryl methyl sites for hydroxylation is 2. The molecule has 0 radical (unpaired) electrons. The van der Waals surface area contributed by atoms with Crippen LogP contribution in [0.3, 0.4) is 0 Å². The van der Waals surface area contributed by atoms with E-state index >= 15 is 0 Å². The zero-order valence-corrected chi connectivity index (χ0v) is 16.3. The van der Waals surface area contributed by atoms with E-state index in [2.05, 4.69) is 15.3 Å². The van der Waals surface area contributed by atoms with Gasteiger partial charge < -0.3 is 14.7 Å². The third-order valence-corrected chi connectivity index (χ3v) is 4.83. The molecule has 0 unspecified atom stereocenters. The van der Waals surface area contributed by atoms with Gasteiger partial charge in [-0.1, -0.05) is 35.9 Å². The Balaban J connectivity index is 1.44. The maximum absolute atomic E-state index is 12.4. The monoisotopic (exact) mass is 387 g/mol. The molecule has 0 aliphatic carbocycles. The van der Waals surface area contributed by atoms with E-state index in [0.29, 0.717) is 22.9 Å². The first-order valence-electron chi connectivity index (χ1n) is 9.40. The van der Waals surface area contributed by atoms with Gasteiger partial charge in [0.1, 0.15) is 5.76 Å².